The lowest BCUT2D eigenvalue weighted by Crippen LogP contribution is -2.20. The number of fused-ring (bicyclic) bond motifs is 3. The van der Waals surface area contributed by atoms with E-state index in [2.05, 4.69) is 204 Å². The summed E-state index contributed by atoms with van der Waals surface area (Å²) >= 11 is 0. The molecule has 9 rings (SSSR count). The summed E-state index contributed by atoms with van der Waals surface area (Å²) in [6.45, 7) is 9.24. The molecule has 1 unspecified atom stereocenters. The van der Waals surface area contributed by atoms with Crippen molar-refractivity contribution < 1.29 is 0 Å². The van der Waals surface area contributed by atoms with Crippen LogP contribution in [0.1, 0.15) is 49.4 Å². The summed E-state index contributed by atoms with van der Waals surface area (Å²) in [6, 6.07) is 58.8. The van der Waals surface area contributed by atoms with Crippen molar-refractivity contribution in [1.82, 2.24) is 0 Å². The zero-order valence-corrected chi connectivity index (χ0v) is 31.0. The number of benzene rings is 8. The van der Waals surface area contributed by atoms with Crippen LogP contribution in [0.2, 0.25) is 0 Å². The summed E-state index contributed by atoms with van der Waals surface area (Å²) < 4.78 is 0. The molecular weight excluding hydrogens is 637 g/mol. The highest BCUT2D eigenvalue weighted by Gasteiger charge is 2.26. The van der Waals surface area contributed by atoms with Crippen LogP contribution < -0.4 is 0 Å². The highest BCUT2D eigenvalue weighted by molar-refractivity contribution is 6.23. The molecule has 0 saturated heterocycles. The average Bonchev–Trinajstić information content (AvgIpc) is 3.20. The van der Waals surface area contributed by atoms with Gasteiger partial charge >= 0.3 is 0 Å². The molecule has 0 aromatic heterocycles. The van der Waals surface area contributed by atoms with E-state index >= 15 is 0 Å². The standard InChI is InChI=1S/C53H44/c1-35-26-29-37(30-27-35)48-32-38-16-8-9-17-39(38)33-49(48)52-46-24-14-12-22-44(46)51(45-23-13-15-25-47(45)52)43-21-11-10-20-42(43)40-31-28-36(2)50(34-40)53(3,4)41-18-6-5-7-19-41/h5-26,28-35H,27H2,1-4H3. The smallest absolute Gasteiger partial charge is 0.0149 e. The molecule has 8 aromatic carbocycles. The van der Waals surface area contributed by atoms with E-state index in [-0.39, 0.29) is 5.41 Å². The van der Waals surface area contributed by atoms with E-state index in [1.54, 1.807) is 0 Å². The average molecular weight is 681 g/mol. The number of hydrogen-bond donors (Lipinski definition) is 0. The van der Waals surface area contributed by atoms with Crippen molar-refractivity contribution >= 4 is 37.9 Å². The van der Waals surface area contributed by atoms with E-state index in [0.29, 0.717) is 5.92 Å². The molecule has 0 spiro atoms. The van der Waals surface area contributed by atoms with Gasteiger partial charge in [-0.25, -0.2) is 0 Å². The molecule has 0 heterocycles. The lowest BCUT2D eigenvalue weighted by molar-refractivity contribution is 0.636. The quantitative estimate of drug-likeness (QED) is 0.153. The fourth-order valence-corrected chi connectivity index (χ4v) is 8.75. The highest BCUT2D eigenvalue weighted by atomic mass is 14.3. The minimum atomic E-state index is -0.143. The zero-order valence-electron chi connectivity index (χ0n) is 31.0. The van der Waals surface area contributed by atoms with Crippen LogP contribution in [0.3, 0.4) is 0 Å². The van der Waals surface area contributed by atoms with E-state index in [9.17, 15) is 0 Å². The Bertz CT molecular complexity index is 2680. The van der Waals surface area contributed by atoms with E-state index in [4.69, 9.17) is 0 Å². The highest BCUT2D eigenvalue weighted by Crippen LogP contribution is 2.48. The second-order valence-electron chi connectivity index (χ2n) is 15.4. The molecule has 1 atom stereocenters. The van der Waals surface area contributed by atoms with Crippen molar-refractivity contribution in [1.29, 1.82) is 0 Å². The molecule has 1 aliphatic rings. The van der Waals surface area contributed by atoms with Crippen molar-refractivity contribution in [3.63, 3.8) is 0 Å². The summed E-state index contributed by atoms with van der Waals surface area (Å²) in [5, 5.41) is 7.62. The van der Waals surface area contributed by atoms with Crippen LogP contribution in [-0.4, -0.2) is 0 Å². The Labute approximate surface area is 313 Å². The molecule has 0 bridgehead atoms. The minimum Gasteiger partial charge on any atom is -0.0808 e. The molecule has 0 saturated carbocycles. The number of aryl methyl sites for hydroxylation is 1. The van der Waals surface area contributed by atoms with Gasteiger partial charge in [-0.2, -0.15) is 0 Å². The van der Waals surface area contributed by atoms with E-state index in [1.807, 2.05) is 0 Å². The molecule has 0 nitrogen and oxygen atoms in total. The third-order valence-electron chi connectivity index (χ3n) is 11.6. The molecule has 0 heteroatoms. The number of hydrogen-bond acceptors (Lipinski definition) is 0. The first-order valence-corrected chi connectivity index (χ1v) is 19.0. The van der Waals surface area contributed by atoms with Gasteiger partial charge in [-0.3, -0.25) is 0 Å². The molecule has 256 valence electrons. The topological polar surface area (TPSA) is 0 Å². The normalized spacial score (nSPS) is 14.6. The third kappa shape index (κ3) is 5.71. The maximum absolute atomic E-state index is 2.44. The molecular formula is C53H44. The first kappa shape index (κ1) is 32.9. The van der Waals surface area contributed by atoms with Crippen LogP contribution in [-0.2, 0) is 5.41 Å². The second kappa shape index (κ2) is 13.2. The van der Waals surface area contributed by atoms with Gasteiger partial charge in [-0.05, 0) is 131 Å². The summed E-state index contributed by atoms with van der Waals surface area (Å²) in [5.74, 6) is 0.553. The van der Waals surface area contributed by atoms with Crippen LogP contribution in [0.5, 0.6) is 0 Å². The Morgan fingerprint density at radius 3 is 1.64 bits per heavy atom. The summed E-state index contributed by atoms with van der Waals surface area (Å²) in [6.07, 6.45) is 8.19. The predicted molar refractivity (Wildman–Crippen MR) is 229 cm³/mol. The van der Waals surface area contributed by atoms with Crippen molar-refractivity contribution in [3.8, 4) is 33.4 Å². The summed E-state index contributed by atoms with van der Waals surface area (Å²) in [7, 11) is 0. The van der Waals surface area contributed by atoms with Gasteiger partial charge in [-0.1, -0.05) is 179 Å². The van der Waals surface area contributed by atoms with Crippen molar-refractivity contribution in [2.45, 2.75) is 39.5 Å². The Balaban J connectivity index is 1.31. The zero-order chi connectivity index (χ0) is 36.1. The van der Waals surface area contributed by atoms with Crippen LogP contribution in [0.25, 0.3) is 71.3 Å². The maximum Gasteiger partial charge on any atom is 0.0149 e. The van der Waals surface area contributed by atoms with Crippen LogP contribution in [0, 0.1) is 12.8 Å². The second-order valence-corrected chi connectivity index (χ2v) is 15.4. The number of allylic oxidation sites excluding steroid dienone is 4. The monoisotopic (exact) mass is 680 g/mol. The van der Waals surface area contributed by atoms with Crippen LogP contribution in [0.15, 0.2) is 176 Å². The van der Waals surface area contributed by atoms with Crippen molar-refractivity contribution in [2.24, 2.45) is 5.92 Å². The van der Waals surface area contributed by atoms with E-state index in [0.717, 1.165) is 6.42 Å². The SMILES string of the molecule is Cc1ccc(-c2ccccc2-c2c3ccccc3c(-c3cc4ccccc4cc3C3=CCC(C)C=C3)c3ccccc23)cc1C(C)(C)c1ccccc1. The van der Waals surface area contributed by atoms with Gasteiger partial charge < -0.3 is 0 Å². The van der Waals surface area contributed by atoms with Crippen LogP contribution >= 0.6 is 0 Å². The first-order chi connectivity index (χ1) is 25.9. The Hall–Kier alpha value is -5.98. The molecule has 0 N–H and O–H groups in total. The predicted octanol–water partition coefficient (Wildman–Crippen LogP) is 14.8. The van der Waals surface area contributed by atoms with Crippen molar-refractivity contribution in [2.75, 3.05) is 0 Å². The van der Waals surface area contributed by atoms with E-state index in [1.165, 1.54) is 93.5 Å². The van der Waals surface area contributed by atoms with Gasteiger partial charge in [0, 0.05) is 5.41 Å². The minimum absolute atomic E-state index is 0.143. The number of rotatable bonds is 6. The largest absolute Gasteiger partial charge is 0.0808 e. The Kier molecular flexibility index (Phi) is 8.20. The fourth-order valence-electron chi connectivity index (χ4n) is 8.75. The molecule has 0 fully saturated rings. The van der Waals surface area contributed by atoms with Gasteiger partial charge in [0.25, 0.3) is 0 Å². The fraction of sp³-hybridized carbons (Fsp3) is 0.132. The summed E-state index contributed by atoms with van der Waals surface area (Å²) in [5.41, 5.74) is 14.1. The van der Waals surface area contributed by atoms with Gasteiger partial charge in [0.15, 0.2) is 0 Å². The van der Waals surface area contributed by atoms with Gasteiger partial charge in [0.1, 0.15) is 0 Å². The Morgan fingerprint density at radius 1 is 0.509 bits per heavy atom. The molecule has 8 aromatic rings. The van der Waals surface area contributed by atoms with Gasteiger partial charge in [0.05, 0.1) is 0 Å². The van der Waals surface area contributed by atoms with E-state index < -0.39 is 0 Å². The third-order valence-corrected chi connectivity index (χ3v) is 11.6. The maximum atomic E-state index is 2.44. The lowest BCUT2D eigenvalue weighted by Gasteiger charge is -2.29. The molecule has 0 radical (unpaired) electrons. The lowest BCUT2D eigenvalue weighted by atomic mass is 9.75. The van der Waals surface area contributed by atoms with Crippen LogP contribution in [0.4, 0.5) is 0 Å². The van der Waals surface area contributed by atoms with Gasteiger partial charge in [0.2, 0.25) is 0 Å². The first-order valence-electron chi connectivity index (χ1n) is 19.0. The summed E-state index contributed by atoms with van der Waals surface area (Å²) in [4.78, 5) is 0. The Morgan fingerprint density at radius 2 is 1.04 bits per heavy atom. The molecule has 0 aliphatic heterocycles. The van der Waals surface area contributed by atoms with Gasteiger partial charge in [-0.15, -0.1) is 0 Å². The molecule has 0 amide bonds. The van der Waals surface area contributed by atoms with Crippen molar-refractivity contribution in [3.05, 3.63) is 198 Å². The molecule has 53 heavy (non-hydrogen) atoms. The molecule has 1 aliphatic carbocycles.